The van der Waals surface area contributed by atoms with Crippen molar-refractivity contribution in [3.05, 3.63) is 30.3 Å². The number of benzene rings is 1. The molecule has 1 rings (SSSR count). The van der Waals surface area contributed by atoms with Gasteiger partial charge in [0.2, 0.25) is 0 Å². The molecule has 0 aliphatic carbocycles. The predicted molar refractivity (Wildman–Crippen MR) is 83.4 cm³/mol. The Hall–Kier alpha value is -0.110. The lowest BCUT2D eigenvalue weighted by atomic mass is 10.1. The van der Waals surface area contributed by atoms with Crippen molar-refractivity contribution < 1.29 is 0 Å². The van der Waals surface area contributed by atoms with E-state index in [0.717, 1.165) is 24.9 Å². The fourth-order valence-corrected chi connectivity index (χ4v) is 2.74. The first-order valence-electron chi connectivity index (χ1n) is 6.34. The fourth-order valence-electron chi connectivity index (χ4n) is 1.72. The second-order valence-electron chi connectivity index (χ2n) is 4.40. The Bertz CT molecular complexity index is 318. The second-order valence-corrected chi connectivity index (χ2v) is 6.14. The summed E-state index contributed by atoms with van der Waals surface area (Å²) in [4.78, 5) is 0. The van der Waals surface area contributed by atoms with E-state index in [1.54, 1.807) is 0 Å². The molecular formula is C14H20Cl3N. The first-order valence-corrected chi connectivity index (χ1v) is 7.65. The van der Waals surface area contributed by atoms with Crippen molar-refractivity contribution in [3.8, 4) is 0 Å². The molecule has 0 bridgehead atoms. The second kappa shape index (κ2) is 8.90. The Labute approximate surface area is 125 Å². The van der Waals surface area contributed by atoms with E-state index in [4.69, 9.17) is 34.8 Å². The van der Waals surface area contributed by atoms with Crippen molar-refractivity contribution in [2.75, 3.05) is 11.9 Å². The Kier molecular flexibility index (Phi) is 7.88. The van der Waals surface area contributed by atoms with Crippen LogP contribution >= 0.6 is 34.8 Å². The maximum Gasteiger partial charge on any atom is 0.0523 e. The first-order chi connectivity index (χ1) is 8.63. The van der Waals surface area contributed by atoms with Crippen molar-refractivity contribution in [3.63, 3.8) is 0 Å². The highest BCUT2D eigenvalue weighted by Gasteiger charge is 2.19. The highest BCUT2D eigenvalue weighted by molar-refractivity contribution is 6.30. The van der Waals surface area contributed by atoms with Crippen molar-refractivity contribution in [1.29, 1.82) is 0 Å². The van der Waals surface area contributed by atoms with Crippen LogP contribution in [0.1, 0.15) is 26.2 Å². The van der Waals surface area contributed by atoms with Crippen LogP contribution in [0.2, 0.25) is 0 Å². The summed E-state index contributed by atoms with van der Waals surface area (Å²) in [7, 11) is 0. The van der Waals surface area contributed by atoms with Crippen molar-refractivity contribution in [1.82, 2.24) is 0 Å². The molecule has 0 radical (unpaired) electrons. The molecule has 18 heavy (non-hydrogen) atoms. The van der Waals surface area contributed by atoms with Crippen LogP contribution in [0.5, 0.6) is 0 Å². The van der Waals surface area contributed by atoms with E-state index in [0.29, 0.717) is 6.54 Å². The number of hydrogen-bond acceptors (Lipinski definition) is 1. The van der Waals surface area contributed by atoms with Crippen LogP contribution in [-0.4, -0.2) is 22.7 Å². The zero-order valence-electron chi connectivity index (χ0n) is 10.6. The lowest BCUT2D eigenvalue weighted by molar-refractivity contribution is 0.636. The molecule has 1 aromatic rings. The quantitative estimate of drug-likeness (QED) is 0.658. The maximum atomic E-state index is 6.26. The van der Waals surface area contributed by atoms with Gasteiger partial charge in [-0.05, 0) is 25.0 Å². The molecule has 0 spiro atoms. The molecule has 0 saturated heterocycles. The van der Waals surface area contributed by atoms with Crippen LogP contribution in [0.3, 0.4) is 0 Å². The summed E-state index contributed by atoms with van der Waals surface area (Å²) in [6.45, 7) is 2.80. The number of para-hydroxylation sites is 1. The minimum Gasteiger partial charge on any atom is -0.384 e. The molecule has 1 nitrogen and oxygen atoms in total. The Morgan fingerprint density at radius 1 is 1.06 bits per heavy atom. The Balaban J connectivity index is 2.27. The minimum atomic E-state index is -0.0632. The third-order valence-corrected chi connectivity index (χ3v) is 4.21. The van der Waals surface area contributed by atoms with E-state index >= 15 is 0 Å². The van der Waals surface area contributed by atoms with Gasteiger partial charge in [0.15, 0.2) is 0 Å². The highest BCUT2D eigenvalue weighted by Crippen LogP contribution is 2.22. The Morgan fingerprint density at radius 2 is 1.72 bits per heavy atom. The minimum absolute atomic E-state index is 0.00851. The van der Waals surface area contributed by atoms with Gasteiger partial charge in [-0.3, -0.25) is 0 Å². The first kappa shape index (κ1) is 15.9. The van der Waals surface area contributed by atoms with Crippen LogP contribution in [0.15, 0.2) is 30.3 Å². The van der Waals surface area contributed by atoms with Crippen molar-refractivity contribution in [2.24, 2.45) is 0 Å². The molecule has 1 N–H and O–H groups in total. The van der Waals surface area contributed by atoms with Crippen LogP contribution in [0.4, 0.5) is 5.69 Å². The Morgan fingerprint density at radius 3 is 2.33 bits per heavy atom. The van der Waals surface area contributed by atoms with E-state index in [2.05, 4.69) is 12.2 Å². The largest absolute Gasteiger partial charge is 0.384 e. The monoisotopic (exact) mass is 307 g/mol. The molecule has 4 heteroatoms. The smallest absolute Gasteiger partial charge is 0.0523 e. The molecular weight excluding hydrogens is 289 g/mol. The molecule has 0 saturated carbocycles. The van der Waals surface area contributed by atoms with E-state index in [1.165, 1.54) is 0 Å². The van der Waals surface area contributed by atoms with Crippen LogP contribution in [0, 0.1) is 0 Å². The molecule has 0 heterocycles. The lowest BCUT2D eigenvalue weighted by Crippen LogP contribution is -2.23. The number of alkyl halides is 3. The van der Waals surface area contributed by atoms with E-state index < -0.39 is 0 Å². The summed E-state index contributed by atoms with van der Waals surface area (Å²) in [5.74, 6) is 0. The average Bonchev–Trinajstić information content (AvgIpc) is 2.38. The maximum absolute atomic E-state index is 6.26. The van der Waals surface area contributed by atoms with Gasteiger partial charge in [-0.1, -0.05) is 31.5 Å². The van der Waals surface area contributed by atoms with Gasteiger partial charge < -0.3 is 5.32 Å². The summed E-state index contributed by atoms with van der Waals surface area (Å²) in [5.41, 5.74) is 1.07. The van der Waals surface area contributed by atoms with E-state index in [-0.39, 0.29) is 16.1 Å². The average molecular weight is 309 g/mol. The summed E-state index contributed by atoms with van der Waals surface area (Å²) < 4.78 is 0. The fraction of sp³-hybridized carbons (Fsp3) is 0.571. The molecule has 0 fully saturated rings. The summed E-state index contributed by atoms with van der Waals surface area (Å²) in [6, 6.07) is 10.0. The topological polar surface area (TPSA) is 12.0 Å². The van der Waals surface area contributed by atoms with Gasteiger partial charge in [0, 0.05) is 17.6 Å². The molecule has 1 aromatic carbocycles. The number of rotatable bonds is 8. The summed E-state index contributed by atoms with van der Waals surface area (Å²) in [6.07, 6.45) is 2.70. The molecule has 0 aliphatic rings. The van der Waals surface area contributed by atoms with Crippen molar-refractivity contribution in [2.45, 2.75) is 42.3 Å². The normalized spacial score (nSPS) is 16.0. The van der Waals surface area contributed by atoms with Gasteiger partial charge in [-0.15, -0.1) is 34.8 Å². The predicted octanol–water partition coefficient (Wildman–Crippen LogP) is 5.11. The molecule has 0 aliphatic heterocycles. The van der Waals surface area contributed by atoms with Crippen LogP contribution in [-0.2, 0) is 0 Å². The van der Waals surface area contributed by atoms with Crippen LogP contribution in [0.25, 0.3) is 0 Å². The standard InChI is InChI=1S/C14H20Cl3N/c1-2-6-13(16)14(17)9-11(15)10-18-12-7-4-3-5-8-12/h3-5,7-8,11,13-14,18H,2,6,9-10H2,1H3. The molecule has 0 amide bonds. The zero-order valence-corrected chi connectivity index (χ0v) is 12.8. The molecule has 102 valence electrons. The number of halogens is 3. The summed E-state index contributed by atoms with van der Waals surface area (Å²) in [5, 5.41) is 3.22. The van der Waals surface area contributed by atoms with Gasteiger partial charge in [-0.2, -0.15) is 0 Å². The van der Waals surface area contributed by atoms with Gasteiger partial charge >= 0.3 is 0 Å². The highest BCUT2D eigenvalue weighted by atomic mass is 35.5. The van der Waals surface area contributed by atoms with E-state index in [9.17, 15) is 0 Å². The third kappa shape index (κ3) is 6.17. The zero-order chi connectivity index (χ0) is 13.4. The van der Waals surface area contributed by atoms with Gasteiger partial charge in [0.25, 0.3) is 0 Å². The van der Waals surface area contributed by atoms with Gasteiger partial charge in [0.1, 0.15) is 0 Å². The van der Waals surface area contributed by atoms with Crippen LogP contribution < -0.4 is 5.32 Å². The van der Waals surface area contributed by atoms with Gasteiger partial charge in [0.05, 0.1) is 10.8 Å². The van der Waals surface area contributed by atoms with Gasteiger partial charge in [-0.25, -0.2) is 0 Å². The number of hydrogen-bond donors (Lipinski definition) is 1. The number of anilines is 1. The molecule has 0 aromatic heterocycles. The molecule has 3 unspecified atom stereocenters. The molecule has 3 atom stereocenters. The number of nitrogens with one attached hydrogen (secondary N) is 1. The summed E-state index contributed by atoms with van der Waals surface area (Å²) >= 11 is 18.7. The third-order valence-electron chi connectivity index (χ3n) is 2.74. The lowest BCUT2D eigenvalue weighted by Gasteiger charge is -2.19. The SMILES string of the molecule is CCCC(Cl)C(Cl)CC(Cl)CNc1ccccc1. The van der Waals surface area contributed by atoms with Crippen molar-refractivity contribution >= 4 is 40.5 Å². The van der Waals surface area contributed by atoms with E-state index in [1.807, 2.05) is 30.3 Å².